The Morgan fingerprint density at radius 1 is 1.45 bits per heavy atom. The zero-order valence-corrected chi connectivity index (χ0v) is 6.67. The molecule has 1 aromatic rings. The lowest BCUT2D eigenvalue weighted by molar-refractivity contribution is 1.00. The van der Waals surface area contributed by atoms with Crippen molar-refractivity contribution in [3.63, 3.8) is 0 Å². The third kappa shape index (κ3) is 1.25. The molecular weight excluding hydrogens is 158 g/mol. The quantitative estimate of drug-likeness (QED) is 0.453. The average Bonchev–Trinajstić information content (AvgIpc) is 2.77. The van der Waals surface area contributed by atoms with E-state index in [1.54, 1.807) is 0 Å². The minimum atomic E-state index is 0.377. The largest absolute Gasteiger partial charge is 0.242 e. The number of halogens is 1. The highest BCUT2D eigenvalue weighted by atomic mass is 35.5. The Bertz CT molecular complexity index is 286. The summed E-state index contributed by atoms with van der Waals surface area (Å²) in [6.07, 6.45) is 3.82. The molecule has 2 rings (SSSR count). The topological polar surface area (TPSA) is 25.8 Å². The predicted molar refractivity (Wildman–Crippen MR) is 44.4 cm³/mol. The SMILES string of the molecule is [B]c1c(Cl)ncnc1C1CC1. The molecule has 54 valence electrons. The van der Waals surface area contributed by atoms with Gasteiger partial charge in [-0.2, -0.15) is 0 Å². The van der Waals surface area contributed by atoms with Gasteiger partial charge in [-0.15, -0.1) is 0 Å². The first-order valence-electron chi connectivity index (χ1n) is 3.55. The molecule has 0 aliphatic heterocycles. The molecule has 0 aromatic carbocycles. The predicted octanol–water partition coefficient (Wildman–Crippen LogP) is 0.801. The standard InChI is InChI=1S/C7H6BClN2/c8-5-6(4-1-2-4)10-3-11-7(5)9/h3-4H,1-2H2. The molecule has 0 unspecified atom stereocenters. The first-order valence-corrected chi connectivity index (χ1v) is 3.92. The second-order valence-electron chi connectivity index (χ2n) is 2.74. The van der Waals surface area contributed by atoms with E-state index in [-0.39, 0.29) is 0 Å². The molecule has 0 saturated heterocycles. The van der Waals surface area contributed by atoms with Gasteiger partial charge >= 0.3 is 0 Å². The fourth-order valence-corrected chi connectivity index (χ4v) is 1.21. The van der Waals surface area contributed by atoms with Gasteiger partial charge in [0.2, 0.25) is 0 Å². The third-order valence-electron chi connectivity index (χ3n) is 1.83. The molecule has 1 saturated carbocycles. The summed E-state index contributed by atoms with van der Waals surface area (Å²) in [7, 11) is 5.67. The summed E-state index contributed by atoms with van der Waals surface area (Å²) < 4.78 is 0. The van der Waals surface area contributed by atoms with Crippen molar-refractivity contribution in [3.8, 4) is 0 Å². The van der Waals surface area contributed by atoms with Crippen molar-refractivity contribution >= 4 is 24.9 Å². The van der Waals surface area contributed by atoms with Crippen LogP contribution in [0.2, 0.25) is 5.15 Å². The molecule has 2 nitrogen and oxygen atoms in total. The number of rotatable bonds is 1. The molecule has 2 radical (unpaired) electrons. The van der Waals surface area contributed by atoms with Crippen LogP contribution in [0.3, 0.4) is 0 Å². The van der Waals surface area contributed by atoms with Gasteiger partial charge < -0.3 is 0 Å². The molecule has 1 aromatic heterocycles. The van der Waals surface area contributed by atoms with Gasteiger partial charge in [-0.25, -0.2) is 9.97 Å². The highest BCUT2D eigenvalue weighted by Crippen LogP contribution is 2.38. The lowest BCUT2D eigenvalue weighted by Crippen LogP contribution is -2.14. The number of hydrogen-bond acceptors (Lipinski definition) is 2. The van der Waals surface area contributed by atoms with Gasteiger partial charge in [-0.3, -0.25) is 0 Å². The maximum Gasteiger partial charge on any atom is 0.125 e. The highest BCUT2D eigenvalue weighted by molar-refractivity contribution is 6.44. The van der Waals surface area contributed by atoms with Gasteiger partial charge in [0.15, 0.2) is 0 Å². The number of nitrogens with zero attached hydrogens (tertiary/aromatic N) is 2. The van der Waals surface area contributed by atoms with Gasteiger partial charge in [0.25, 0.3) is 0 Å². The van der Waals surface area contributed by atoms with E-state index in [0.717, 1.165) is 5.69 Å². The molecule has 0 N–H and O–H groups in total. The lowest BCUT2D eigenvalue weighted by atomic mass is 9.94. The zero-order valence-electron chi connectivity index (χ0n) is 5.92. The molecule has 1 aliphatic rings. The highest BCUT2D eigenvalue weighted by Gasteiger charge is 2.26. The van der Waals surface area contributed by atoms with Crippen LogP contribution in [0.25, 0.3) is 0 Å². The van der Waals surface area contributed by atoms with Crippen LogP contribution in [-0.2, 0) is 0 Å². The van der Waals surface area contributed by atoms with Crippen molar-refractivity contribution in [2.75, 3.05) is 0 Å². The Balaban J connectivity index is 2.45. The summed E-state index contributed by atoms with van der Waals surface area (Å²) in [5.41, 5.74) is 1.47. The van der Waals surface area contributed by atoms with Crippen LogP contribution in [0.4, 0.5) is 0 Å². The van der Waals surface area contributed by atoms with Crippen molar-refractivity contribution in [1.82, 2.24) is 9.97 Å². The van der Waals surface area contributed by atoms with E-state index in [9.17, 15) is 0 Å². The molecule has 1 fully saturated rings. The van der Waals surface area contributed by atoms with Gasteiger partial charge in [-0.05, 0) is 18.3 Å². The Kier molecular flexibility index (Phi) is 1.60. The molecule has 0 amide bonds. The van der Waals surface area contributed by atoms with Crippen LogP contribution < -0.4 is 5.46 Å². The average molecular weight is 164 g/mol. The minimum Gasteiger partial charge on any atom is -0.242 e. The monoisotopic (exact) mass is 164 g/mol. The third-order valence-corrected chi connectivity index (χ3v) is 2.13. The van der Waals surface area contributed by atoms with E-state index in [2.05, 4.69) is 9.97 Å². The smallest absolute Gasteiger partial charge is 0.125 e. The van der Waals surface area contributed by atoms with E-state index >= 15 is 0 Å². The second kappa shape index (κ2) is 2.49. The zero-order chi connectivity index (χ0) is 7.84. The van der Waals surface area contributed by atoms with Crippen molar-refractivity contribution in [2.45, 2.75) is 18.8 Å². The molecule has 0 atom stereocenters. The van der Waals surface area contributed by atoms with Crippen LogP contribution in [-0.4, -0.2) is 17.8 Å². The molecule has 4 heteroatoms. The first-order chi connectivity index (χ1) is 5.29. The van der Waals surface area contributed by atoms with Crippen LogP contribution in [0.5, 0.6) is 0 Å². The summed E-state index contributed by atoms with van der Waals surface area (Å²) >= 11 is 5.71. The lowest BCUT2D eigenvalue weighted by Gasteiger charge is -2.02. The normalized spacial score (nSPS) is 16.8. The van der Waals surface area contributed by atoms with Crippen molar-refractivity contribution < 1.29 is 0 Å². The van der Waals surface area contributed by atoms with E-state index in [4.69, 9.17) is 19.4 Å². The Labute approximate surface area is 71.4 Å². The first kappa shape index (κ1) is 7.10. The molecule has 1 aliphatic carbocycles. The Morgan fingerprint density at radius 2 is 2.18 bits per heavy atom. The van der Waals surface area contributed by atoms with Crippen molar-refractivity contribution in [3.05, 3.63) is 17.2 Å². The fraction of sp³-hybridized carbons (Fsp3) is 0.429. The minimum absolute atomic E-state index is 0.377. The van der Waals surface area contributed by atoms with Gasteiger partial charge in [0, 0.05) is 11.6 Å². The second-order valence-corrected chi connectivity index (χ2v) is 3.10. The number of aromatic nitrogens is 2. The van der Waals surface area contributed by atoms with Crippen molar-refractivity contribution in [2.24, 2.45) is 0 Å². The fourth-order valence-electron chi connectivity index (χ4n) is 1.07. The van der Waals surface area contributed by atoms with E-state index < -0.39 is 0 Å². The van der Waals surface area contributed by atoms with E-state index in [0.29, 0.717) is 16.5 Å². The maximum absolute atomic E-state index is 5.71. The van der Waals surface area contributed by atoms with Crippen LogP contribution in [0.1, 0.15) is 24.5 Å². The van der Waals surface area contributed by atoms with E-state index in [1.807, 2.05) is 0 Å². The molecule has 1 heterocycles. The number of hydrogen-bond donors (Lipinski definition) is 0. The van der Waals surface area contributed by atoms with E-state index in [1.165, 1.54) is 19.2 Å². The van der Waals surface area contributed by atoms with Gasteiger partial charge in [-0.1, -0.05) is 11.6 Å². The maximum atomic E-state index is 5.71. The van der Waals surface area contributed by atoms with Gasteiger partial charge in [0.05, 0.1) is 0 Å². The summed E-state index contributed by atoms with van der Waals surface area (Å²) in [6.45, 7) is 0. The molecule has 0 spiro atoms. The Morgan fingerprint density at radius 3 is 2.82 bits per heavy atom. The molecular formula is C7H6BClN2. The summed E-state index contributed by atoms with van der Waals surface area (Å²) in [6, 6.07) is 0. The summed E-state index contributed by atoms with van der Waals surface area (Å²) in [5.74, 6) is 0.537. The van der Waals surface area contributed by atoms with Crippen LogP contribution >= 0.6 is 11.6 Å². The summed E-state index contributed by atoms with van der Waals surface area (Å²) in [5, 5.41) is 0.377. The molecule has 11 heavy (non-hydrogen) atoms. The van der Waals surface area contributed by atoms with Gasteiger partial charge in [0.1, 0.15) is 19.3 Å². The Hall–Kier alpha value is -0.565. The van der Waals surface area contributed by atoms with Crippen LogP contribution in [0.15, 0.2) is 6.33 Å². The molecule has 0 bridgehead atoms. The van der Waals surface area contributed by atoms with Crippen LogP contribution in [0, 0.1) is 0 Å². The summed E-state index contributed by atoms with van der Waals surface area (Å²) in [4.78, 5) is 7.86. The van der Waals surface area contributed by atoms with Crippen molar-refractivity contribution in [1.29, 1.82) is 0 Å².